The quantitative estimate of drug-likeness (QED) is 0.727. The second-order valence-electron chi connectivity index (χ2n) is 6.93. The minimum atomic E-state index is -3.67. The van der Waals surface area contributed by atoms with Crippen LogP contribution in [0.1, 0.15) is 18.7 Å². The van der Waals surface area contributed by atoms with Gasteiger partial charge in [0, 0.05) is 44.0 Å². The molecule has 0 bridgehead atoms. The second-order valence-corrected chi connectivity index (χ2v) is 10.0. The maximum absolute atomic E-state index is 13.1. The summed E-state index contributed by atoms with van der Waals surface area (Å²) in [5.74, 6) is 0.513. The van der Waals surface area contributed by atoms with Crippen LogP contribution < -0.4 is 0 Å². The molecule has 4 rings (SSSR count). The summed E-state index contributed by atoms with van der Waals surface area (Å²) in [4.78, 5) is 18.7. The highest BCUT2D eigenvalue weighted by atomic mass is 32.2. The van der Waals surface area contributed by atoms with Crippen LogP contribution in [0, 0.1) is 12.8 Å². The Bertz CT molecular complexity index is 948. The lowest BCUT2D eigenvalue weighted by Crippen LogP contribution is -2.49. The monoisotopic (exact) mass is 426 g/mol. The summed E-state index contributed by atoms with van der Waals surface area (Å²) in [6, 6.07) is 1.57. The Balaban J connectivity index is 1.49. The molecule has 2 aliphatic rings. The average Bonchev–Trinajstić information content (AvgIpc) is 3.37. The maximum atomic E-state index is 13.1. The largest absolute Gasteiger partial charge is 0.378 e. The smallest absolute Gasteiger partial charge is 0.252 e. The van der Waals surface area contributed by atoms with Gasteiger partial charge in [-0.25, -0.2) is 8.42 Å². The van der Waals surface area contributed by atoms with Crippen LogP contribution in [-0.2, 0) is 19.6 Å². The Morgan fingerprint density at radius 3 is 2.79 bits per heavy atom. The lowest BCUT2D eigenvalue weighted by atomic mass is 9.98. The predicted molar refractivity (Wildman–Crippen MR) is 101 cm³/mol. The third-order valence-electron chi connectivity index (χ3n) is 5.01. The molecule has 2 aromatic heterocycles. The molecular formula is C17H22N4O5S2. The SMILES string of the molecule is Cc1nc(-c2csc(S(=O)(=O)N3CCC[C@@H](C(=O)N4CCOCC4)C3)c2)no1. The van der Waals surface area contributed by atoms with E-state index in [9.17, 15) is 13.2 Å². The number of hydrogen-bond donors (Lipinski definition) is 0. The van der Waals surface area contributed by atoms with Gasteiger partial charge in [-0.15, -0.1) is 11.3 Å². The molecule has 152 valence electrons. The van der Waals surface area contributed by atoms with E-state index in [0.717, 1.165) is 11.3 Å². The molecule has 11 heteroatoms. The number of rotatable bonds is 4. The summed E-state index contributed by atoms with van der Waals surface area (Å²) < 4.78 is 38.1. The molecular weight excluding hydrogens is 404 g/mol. The number of amides is 1. The molecule has 2 saturated heterocycles. The number of ether oxygens (including phenoxy) is 1. The molecule has 0 radical (unpaired) electrons. The summed E-state index contributed by atoms with van der Waals surface area (Å²) in [5.41, 5.74) is 0.610. The summed E-state index contributed by atoms with van der Waals surface area (Å²) >= 11 is 1.13. The molecule has 0 aromatic carbocycles. The molecule has 9 nitrogen and oxygen atoms in total. The fourth-order valence-corrected chi connectivity index (χ4v) is 6.35. The lowest BCUT2D eigenvalue weighted by molar-refractivity contribution is -0.140. The number of sulfonamides is 1. The first kappa shape index (κ1) is 19.5. The highest BCUT2D eigenvalue weighted by Gasteiger charge is 2.36. The van der Waals surface area contributed by atoms with Crippen molar-refractivity contribution < 1.29 is 22.5 Å². The first-order chi connectivity index (χ1) is 13.4. The van der Waals surface area contributed by atoms with Gasteiger partial charge in [0.05, 0.1) is 19.1 Å². The van der Waals surface area contributed by atoms with Crippen LogP contribution in [0.15, 0.2) is 20.2 Å². The van der Waals surface area contributed by atoms with Gasteiger partial charge in [-0.05, 0) is 18.9 Å². The van der Waals surface area contributed by atoms with Crippen LogP contribution in [0.5, 0.6) is 0 Å². The molecule has 1 amide bonds. The number of hydrogen-bond acceptors (Lipinski definition) is 8. The van der Waals surface area contributed by atoms with Gasteiger partial charge in [-0.3, -0.25) is 4.79 Å². The second kappa shape index (κ2) is 7.90. The van der Waals surface area contributed by atoms with Crippen molar-refractivity contribution in [3.63, 3.8) is 0 Å². The Morgan fingerprint density at radius 2 is 2.07 bits per heavy atom. The Kier molecular flexibility index (Phi) is 5.50. The number of piperidine rings is 1. The van der Waals surface area contributed by atoms with Crippen molar-refractivity contribution in [3.05, 3.63) is 17.3 Å². The van der Waals surface area contributed by atoms with Crippen molar-refractivity contribution in [3.8, 4) is 11.4 Å². The number of carbonyl (C=O) groups is 1. The molecule has 1 atom stereocenters. The summed E-state index contributed by atoms with van der Waals surface area (Å²) in [6.45, 7) is 4.53. The number of thiophene rings is 1. The zero-order chi connectivity index (χ0) is 19.7. The zero-order valence-corrected chi connectivity index (χ0v) is 17.2. The van der Waals surface area contributed by atoms with E-state index in [4.69, 9.17) is 9.26 Å². The van der Waals surface area contributed by atoms with Crippen molar-refractivity contribution in [2.45, 2.75) is 24.0 Å². The number of carbonyl (C=O) groups excluding carboxylic acids is 1. The van der Waals surface area contributed by atoms with Gasteiger partial charge in [0.15, 0.2) is 0 Å². The third kappa shape index (κ3) is 3.84. The topological polar surface area (TPSA) is 106 Å². The standard InChI is InChI=1S/C17H22N4O5S2/c1-12-18-16(19-26-12)14-9-15(27-11-14)28(23,24)21-4-2-3-13(10-21)17(22)20-5-7-25-8-6-20/h9,11,13H,2-8,10H2,1H3/t13-/m1/s1. The van der Waals surface area contributed by atoms with Gasteiger partial charge in [-0.2, -0.15) is 9.29 Å². The van der Waals surface area contributed by atoms with E-state index in [0.29, 0.717) is 63.0 Å². The van der Waals surface area contributed by atoms with Crippen molar-refractivity contribution in [1.29, 1.82) is 0 Å². The van der Waals surface area contributed by atoms with Crippen molar-refractivity contribution >= 4 is 27.3 Å². The van der Waals surface area contributed by atoms with Crippen LogP contribution in [0.4, 0.5) is 0 Å². The zero-order valence-electron chi connectivity index (χ0n) is 15.5. The van der Waals surface area contributed by atoms with Crippen molar-refractivity contribution in [1.82, 2.24) is 19.3 Å². The minimum Gasteiger partial charge on any atom is -0.378 e. The van der Waals surface area contributed by atoms with E-state index in [1.165, 1.54) is 4.31 Å². The van der Waals surface area contributed by atoms with E-state index in [2.05, 4.69) is 10.1 Å². The molecule has 0 saturated carbocycles. The highest BCUT2D eigenvalue weighted by Crippen LogP contribution is 2.31. The van der Waals surface area contributed by atoms with Crippen molar-refractivity contribution in [2.75, 3.05) is 39.4 Å². The van der Waals surface area contributed by atoms with Gasteiger partial charge in [0.25, 0.3) is 10.0 Å². The fraction of sp³-hybridized carbons (Fsp3) is 0.588. The van der Waals surface area contributed by atoms with Gasteiger partial charge >= 0.3 is 0 Å². The van der Waals surface area contributed by atoms with E-state index in [1.807, 2.05) is 0 Å². The number of nitrogens with zero attached hydrogens (tertiary/aromatic N) is 4. The normalized spacial score (nSPS) is 21.8. The summed E-state index contributed by atoms with van der Waals surface area (Å²) in [5, 5.41) is 5.54. The fourth-order valence-electron chi connectivity index (χ4n) is 3.52. The molecule has 2 aromatic rings. The minimum absolute atomic E-state index is 0.0253. The molecule has 0 unspecified atom stereocenters. The third-order valence-corrected chi connectivity index (χ3v) is 8.29. The molecule has 0 spiro atoms. The number of aromatic nitrogens is 2. The molecule has 28 heavy (non-hydrogen) atoms. The van der Waals surface area contributed by atoms with Gasteiger partial charge in [0.2, 0.25) is 17.6 Å². The first-order valence-electron chi connectivity index (χ1n) is 9.21. The average molecular weight is 427 g/mol. The molecule has 2 aliphatic heterocycles. The van der Waals surface area contributed by atoms with E-state index in [1.54, 1.807) is 23.3 Å². The van der Waals surface area contributed by atoms with E-state index >= 15 is 0 Å². The van der Waals surface area contributed by atoms with Crippen LogP contribution >= 0.6 is 11.3 Å². The molecule has 2 fully saturated rings. The molecule has 4 heterocycles. The lowest BCUT2D eigenvalue weighted by Gasteiger charge is -2.35. The van der Waals surface area contributed by atoms with E-state index < -0.39 is 10.0 Å². The maximum Gasteiger partial charge on any atom is 0.252 e. The highest BCUT2D eigenvalue weighted by molar-refractivity contribution is 7.91. The van der Waals surface area contributed by atoms with Crippen LogP contribution in [-0.4, -0.2) is 73.1 Å². The first-order valence-corrected chi connectivity index (χ1v) is 11.5. The van der Waals surface area contributed by atoms with Gasteiger partial charge in [0.1, 0.15) is 4.21 Å². The van der Waals surface area contributed by atoms with E-state index in [-0.39, 0.29) is 22.6 Å². The van der Waals surface area contributed by atoms with Crippen LogP contribution in [0.25, 0.3) is 11.4 Å². The summed E-state index contributed by atoms with van der Waals surface area (Å²) in [7, 11) is -3.67. The van der Waals surface area contributed by atoms with Crippen LogP contribution in [0.3, 0.4) is 0 Å². The Labute approximate surface area is 167 Å². The van der Waals surface area contributed by atoms with Crippen LogP contribution in [0.2, 0.25) is 0 Å². The number of morpholine rings is 1. The summed E-state index contributed by atoms with van der Waals surface area (Å²) in [6.07, 6.45) is 1.38. The predicted octanol–water partition coefficient (Wildman–Crippen LogP) is 1.37. The van der Waals surface area contributed by atoms with Crippen molar-refractivity contribution in [2.24, 2.45) is 5.92 Å². The molecule has 0 aliphatic carbocycles. The molecule has 0 N–H and O–H groups in total. The van der Waals surface area contributed by atoms with Gasteiger partial charge in [-0.1, -0.05) is 5.16 Å². The van der Waals surface area contributed by atoms with Gasteiger partial charge < -0.3 is 14.2 Å². The Morgan fingerprint density at radius 1 is 1.29 bits per heavy atom. The Hall–Kier alpha value is -1.82. The number of aryl methyl sites for hydroxylation is 1.